The van der Waals surface area contributed by atoms with Crippen LogP contribution in [-0.2, 0) is 6.42 Å². The summed E-state index contributed by atoms with van der Waals surface area (Å²) >= 11 is 0. The zero-order chi connectivity index (χ0) is 17.0. The van der Waals surface area contributed by atoms with Crippen molar-refractivity contribution in [2.75, 3.05) is 40.4 Å². The Morgan fingerprint density at radius 2 is 1.71 bits per heavy atom. The lowest BCUT2D eigenvalue weighted by atomic mass is 9.97. The van der Waals surface area contributed by atoms with Crippen LogP contribution in [0.5, 0.6) is 11.5 Å². The van der Waals surface area contributed by atoms with Crippen molar-refractivity contribution in [1.29, 1.82) is 0 Å². The average Bonchev–Trinajstić information content (AvgIpc) is 2.64. The van der Waals surface area contributed by atoms with Crippen LogP contribution in [0, 0.1) is 0 Å². The molecule has 0 aromatic heterocycles. The standard InChI is InChI=1S/C20H32N2O2/c1-23-19-8-9-20(24-2)18(16-19)11-13-22-15-14-21-12-10-17-6-4-3-5-7-17/h6,8-9,16,21-22H,3-5,7,10-15H2,1-2H3. The van der Waals surface area contributed by atoms with E-state index in [-0.39, 0.29) is 0 Å². The topological polar surface area (TPSA) is 42.5 Å². The Morgan fingerprint density at radius 3 is 2.38 bits per heavy atom. The molecule has 0 spiro atoms. The highest BCUT2D eigenvalue weighted by Gasteiger charge is 2.05. The molecule has 134 valence electrons. The van der Waals surface area contributed by atoms with Gasteiger partial charge in [-0.1, -0.05) is 11.6 Å². The summed E-state index contributed by atoms with van der Waals surface area (Å²) in [6.07, 6.45) is 9.92. The van der Waals surface area contributed by atoms with E-state index in [2.05, 4.69) is 22.8 Å². The summed E-state index contributed by atoms with van der Waals surface area (Å²) in [5.41, 5.74) is 2.83. The molecule has 0 fully saturated rings. The zero-order valence-corrected chi connectivity index (χ0v) is 15.2. The SMILES string of the molecule is COc1ccc(OC)c(CCNCCNCCC2=CCCCC2)c1. The summed E-state index contributed by atoms with van der Waals surface area (Å²) in [5, 5.41) is 7.01. The fraction of sp³-hybridized carbons (Fsp3) is 0.600. The summed E-state index contributed by atoms with van der Waals surface area (Å²) in [7, 11) is 3.41. The van der Waals surface area contributed by atoms with E-state index in [1.54, 1.807) is 19.8 Å². The highest BCUT2D eigenvalue weighted by atomic mass is 16.5. The molecule has 0 unspecified atom stereocenters. The van der Waals surface area contributed by atoms with E-state index >= 15 is 0 Å². The van der Waals surface area contributed by atoms with Crippen LogP contribution in [0.1, 0.15) is 37.7 Å². The van der Waals surface area contributed by atoms with Crippen molar-refractivity contribution in [2.45, 2.75) is 38.5 Å². The van der Waals surface area contributed by atoms with Gasteiger partial charge in [0, 0.05) is 13.1 Å². The van der Waals surface area contributed by atoms with Gasteiger partial charge in [0.2, 0.25) is 0 Å². The molecule has 1 aliphatic carbocycles. The first kappa shape index (κ1) is 18.8. The molecule has 0 saturated carbocycles. The number of hydrogen-bond acceptors (Lipinski definition) is 4. The Kier molecular flexibility index (Phi) is 8.71. The fourth-order valence-electron chi connectivity index (χ4n) is 3.11. The summed E-state index contributed by atoms with van der Waals surface area (Å²) in [5.74, 6) is 1.81. The van der Waals surface area contributed by atoms with Crippen LogP contribution in [0.4, 0.5) is 0 Å². The maximum atomic E-state index is 5.41. The lowest BCUT2D eigenvalue weighted by Crippen LogP contribution is -2.29. The molecular formula is C20H32N2O2. The molecule has 24 heavy (non-hydrogen) atoms. The van der Waals surface area contributed by atoms with Gasteiger partial charge in [0.25, 0.3) is 0 Å². The van der Waals surface area contributed by atoms with E-state index in [0.717, 1.165) is 44.1 Å². The largest absolute Gasteiger partial charge is 0.497 e. The van der Waals surface area contributed by atoms with Crippen molar-refractivity contribution in [2.24, 2.45) is 0 Å². The van der Waals surface area contributed by atoms with Crippen LogP contribution in [0.15, 0.2) is 29.8 Å². The monoisotopic (exact) mass is 332 g/mol. The van der Waals surface area contributed by atoms with Gasteiger partial charge < -0.3 is 20.1 Å². The van der Waals surface area contributed by atoms with Gasteiger partial charge in [0.1, 0.15) is 11.5 Å². The molecular weight excluding hydrogens is 300 g/mol. The minimum atomic E-state index is 0.879. The molecule has 0 atom stereocenters. The van der Waals surface area contributed by atoms with Crippen LogP contribution < -0.4 is 20.1 Å². The molecule has 4 nitrogen and oxygen atoms in total. The van der Waals surface area contributed by atoms with Crippen molar-refractivity contribution >= 4 is 0 Å². The maximum absolute atomic E-state index is 5.41. The second kappa shape index (κ2) is 11.1. The molecule has 0 aliphatic heterocycles. The lowest BCUT2D eigenvalue weighted by Gasteiger charge is -2.13. The third-order valence-electron chi connectivity index (χ3n) is 4.55. The second-order valence-electron chi connectivity index (χ2n) is 6.29. The van der Waals surface area contributed by atoms with E-state index in [0.29, 0.717) is 0 Å². The van der Waals surface area contributed by atoms with Gasteiger partial charge in [0.15, 0.2) is 0 Å². The first-order valence-electron chi connectivity index (χ1n) is 9.13. The molecule has 0 radical (unpaired) electrons. The Morgan fingerprint density at radius 1 is 0.917 bits per heavy atom. The van der Waals surface area contributed by atoms with Gasteiger partial charge in [-0.2, -0.15) is 0 Å². The number of methoxy groups -OCH3 is 2. The summed E-state index contributed by atoms with van der Waals surface area (Å²) in [6.45, 7) is 4.04. The Labute approximate surface area is 146 Å². The number of allylic oxidation sites excluding steroid dienone is 1. The van der Waals surface area contributed by atoms with E-state index in [1.165, 1.54) is 37.7 Å². The predicted octanol–water partition coefficient (Wildman–Crippen LogP) is 3.32. The van der Waals surface area contributed by atoms with E-state index in [4.69, 9.17) is 9.47 Å². The van der Waals surface area contributed by atoms with Crippen molar-refractivity contribution in [3.8, 4) is 11.5 Å². The number of rotatable bonds is 11. The molecule has 0 heterocycles. The van der Waals surface area contributed by atoms with Crippen molar-refractivity contribution in [1.82, 2.24) is 10.6 Å². The molecule has 1 aromatic rings. The van der Waals surface area contributed by atoms with Gasteiger partial charge in [-0.25, -0.2) is 0 Å². The summed E-state index contributed by atoms with van der Waals surface area (Å²) < 4.78 is 10.7. The first-order chi connectivity index (χ1) is 11.8. The van der Waals surface area contributed by atoms with E-state index < -0.39 is 0 Å². The average molecular weight is 332 g/mol. The molecule has 2 rings (SSSR count). The number of benzene rings is 1. The maximum Gasteiger partial charge on any atom is 0.122 e. The summed E-state index contributed by atoms with van der Waals surface area (Å²) in [4.78, 5) is 0. The van der Waals surface area contributed by atoms with E-state index in [1.807, 2.05) is 12.1 Å². The Bertz CT molecular complexity index is 514. The van der Waals surface area contributed by atoms with Crippen molar-refractivity contribution in [3.63, 3.8) is 0 Å². The lowest BCUT2D eigenvalue weighted by molar-refractivity contribution is 0.398. The highest BCUT2D eigenvalue weighted by Crippen LogP contribution is 2.24. The molecule has 2 N–H and O–H groups in total. The van der Waals surface area contributed by atoms with Gasteiger partial charge in [-0.3, -0.25) is 0 Å². The molecule has 0 bridgehead atoms. The second-order valence-corrected chi connectivity index (χ2v) is 6.29. The summed E-state index contributed by atoms with van der Waals surface area (Å²) in [6, 6.07) is 5.95. The van der Waals surface area contributed by atoms with Crippen molar-refractivity contribution in [3.05, 3.63) is 35.4 Å². The third kappa shape index (κ3) is 6.54. The molecule has 0 amide bonds. The molecule has 1 aromatic carbocycles. The fourth-order valence-corrected chi connectivity index (χ4v) is 3.11. The number of hydrogen-bond donors (Lipinski definition) is 2. The van der Waals surface area contributed by atoms with Crippen LogP contribution in [0.25, 0.3) is 0 Å². The van der Waals surface area contributed by atoms with Crippen LogP contribution >= 0.6 is 0 Å². The van der Waals surface area contributed by atoms with E-state index in [9.17, 15) is 0 Å². The van der Waals surface area contributed by atoms with Crippen LogP contribution in [-0.4, -0.2) is 40.4 Å². The highest BCUT2D eigenvalue weighted by molar-refractivity contribution is 5.40. The van der Waals surface area contributed by atoms with Gasteiger partial charge in [0.05, 0.1) is 14.2 Å². The normalized spacial score (nSPS) is 14.3. The van der Waals surface area contributed by atoms with Crippen LogP contribution in [0.2, 0.25) is 0 Å². The number of nitrogens with one attached hydrogen (secondary N) is 2. The smallest absolute Gasteiger partial charge is 0.122 e. The quantitative estimate of drug-likeness (QED) is 0.482. The van der Waals surface area contributed by atoms with Crippen molar-refractivity contribution < 1.29 is 9.47 Å². The molecule has 4 heteroatoms. The van der Waals surface area contributed by atoms with Gasteiger partial charge in [-0.05, 0) is 75.4 Å². The molecule has 1 aliphatic rings. The minimum Gasteiger partial charge on any atom is -0.497 e. The third-order valence-corrected chi connectivity index (χ3v) is 4.55. The van der Waals surface area contributed by atoms with Crippen LogP contribution in [0.3, 0.4) is 0 Å². The Balaban J connectivity index is 1.55. The number of ether oxygens (including phenoxy) is 2. The van der Waals surface area contributed by atoms with Gasteiger partial charge >= 0.3 is 0 Å². The first-order valence-corrected chi connectivity index (χ1v) is 9.13. The predicted molar refractivity (Wildman–Crippen MR) is 100 cm³/mol. The van der Waals surface area contributed by atoms with Gasteiger partial charge in [-0.15, -0.1) is 0 Å². The Hall–Kier alpha value is -1.52. The molecule has 0 saturated heterocycles. The minimum absolute atomic E-state index is 0.879. The zero-order valence-electron chi connectivity index (χ0n) is 15.2.